The summed E-state index contributed by atoms with van der Waals surface area (Å²) in [5, 5.41) is 8.70. The maximum Gasteiger partial charge on any atom is 0.339 e. The largest absolute Gasteiger partial charge is 0.444 e. The first kappa shape index (κ1) is 15.4. The van der Waals surface area contributed by atoms with Crippen molar-refractivity contribution in [2.24, 2.45) is 0 Å². The van der Waals surface area contributed by atoms with E-state index < -0.39 is 23.9 Å². The third-order valence-electron chi connectivity index (χ3n) is 3.60. The highest BCUT2D eigenvalue weighted by Gasteiger charge is 2.36. The molecule has 0 unspecified atom stereocenters. The van der Waals surface area contributed by atoms with Gasteiger partial charge in [-0.25, -0.2) is 9.69 Å². The molecule has 0 saturated carbocycles. The molecule has 0 saturated heterocycles. The number of hydrogen-bond donors (Lipinski definition) is 0. The molecule has 2 aromatic carbocycles. The molecule has 2 aromatic rings. The SMILES string of the molecule is C[C@@H](C#N)OC(=O)c1cccc(N2C(=O)c3ccccc3C2=O)c1. The molecule has 2 amide bonds. The quantitative estimate of drug-likeness (QED) is 0.640. The lowest BCUT2D eigenvalue weighted by atomic mass is 10.1. The zero-order valence-electron chi connectivity index (χ0n) is 12.7. The van der Waals surface area contributed by atoms with Gasteiger partial charge < -0.3 is 4.74 Å². The molecule has 0 aliphatic carbocycles. The number of hydrogen-bond acceptors (Lipinski definition) is 5. The minimum atomic E-state index is -0.888. The molecule has 0 fully saturated rings. The molecule has 3 rings (SSSR count). The lowest BCUT2D eigenvalue weighted by molar-refractivity contribution is 0.0435. The van der Waals surface area contributed by atoms with Crippen LogP contribution >= 0.6 is 0 Å². The number of carbonyl (C=O) groups is 3. The number of rotatable bonds is 3. The van der Waals surface area contributed by atoms with Gasteiger partial charge in [0.15, 0.2) is 6.10 Å². The molecule has 0 bridgehead atoms. The Labute approximate surface area is 137 Å². The number of carbonyl (C=O) groups excluding carboxylic acids is 3. The van der Waals surface area contributed by atoms with Crippen LogP contribution in [-0.4, -0.2) is 23.9 Å². The second-order valence-corrected chi connectivity index (χ2v) is 5.22. The number of amides is 2. The Morgan fingerprint density at radius 1 is 1.08 bits per heavy atom. The molecule has 1 heterocycles. The first-order valence-electron chi connectivity index (χ1n) is 7.21. The summed E-state index contributed by atoms with van der Waals surface area (Å²) < 4.78 is 4.93. The average molecular weight is 320 g/mol. The van der Waals surface area contributed by atoms with Crippen molar-refractivity contribution < 1.29 is 19.1 Å². The van der Waals surface area contributed by atoms with Crippen LogP contribution in [0.25, 0.3) is 0 Å². The van der Waals surface area contributed by atoms with Crippen molar-refractivity contribution in [1.82, 2.24) is 0 Å². The van der Waals surface area contributed by atoms with E-state index in [0.29, 0.717) is 11.1 Å². The molecule has 0 spiro atoms. The van der Waals surface area contributed by atoms with Gasteiger partial charge >= 0.3 is 5.97 Å². The van der Waals surface area contributed by atoms with E-state index in [1.165, 1.54) is 19.1 Å². The van der Waals surface area contributed by atoms with Crippen molar-refractivity contribution in [2.45, 2.75) is 13.0 Å². The van der Waals surface area contributed by atoms with Gasteiger partial charge in [-0.1, -0.05) is 18.2 Å². The second-order valence-electron chi connectivity index (χ2n) is 5.22. The highest BCUT2D eigenvalue weighted by atomic mass is 16.5. The van der Waals surface area contributed by atoms with Gasteiger partial charge in [0.1, 0.15) is 6.07 Å². The van der Waals surface area contributed by atoms with E-state index in [0.717, 1.165) is 4.90 Å². The van der Waals surface area contributed by atoms with Crippen LogP contribution in [0.4, 0.5) is 5.69 Å². The molecule has 1 atom stereocenters. The van der Waals surface area contributed by atoms with Crippen molar-refractivity contribution in [3.05, 3.63) is 65.2 Å². The summed E-state index contributed by atoms with van der Waals surface area (Å²) in [5.74, 6) is -1.57. The Bertz CT molecular complexity index is 863. The van der Waals surface area contributed by atoms with Gasteiger partial charge in [-0.3, -0.25) is 9.59 Å². The normalized spacial score (nSPS) is 14.1. The molecular formula is C18H12N2O4. The van der Waals surface area contributed by atoms with Crippen LogP contribution in [0.2, 0.25) is 0 Å². The average Bonchev–Trinajstić information content (AvgIpc) is 2.86. The number of nitriles is 1. The van der Waals surface area contributed by atoms with Crippen LogP contribution in [0.5, 0.6) is 0 Å². The fourth-order valence-electron chi connectivity index (χ4n) is 2.45. The van der Waals surface area contributed by atoms with E-state index in [-0.39, 0.29) is 11.3 Å². The summed E-state index contributed by atoms with van der Waals surface area (Å²) in [6.07, 6.45) is -0.888. The van der Waals surface area contributed by atoms with Crippen LogP contribution in [0.1, 0.15) is 38.0 Å². The molecule has 0 N–H and O–H groups in total. The Kier molecular flexibility index (Phi) is 3.84. The Morgan fingerprint density at radius 3 is 2.29 bits per heavy atom. The third-order valence-corrected chi connectivity index (χ3v) is 3.60. The van der Waals surface area contributed by atoms with Crippen LogP contribution in [0, 0.1) is 11.3 Å². The highest BCUT2D eigenvalue weighted by molar-refractivity contribution is 6.34. The summed E-state index contributed by atoms with van der Waals surface area (Å²) in [5.41, 5.74) is 1.09. The number of ether oxygens (including phenoxy) is 1. The van der Waals surface area contributed by atoms with Crippen LogP contribution in [0.15, 0.2) is 48.5 Å². The fraction of sp³-hybridized carbons (Fsp3) is 0.111. The summed E-state index contributed by atoms with van der Waals surface area (Å²) >= 11 is 0. The first-order valence-corrected chi connectivity index (χ1v) is 7.21. The summed E-state index contributed by atoms with van der Waals surface area (Å²) in [4.78, 5) is 37.9. The smallest absolute Gasteiger partial charge is 0.339 e. The summed E-state index contributed by atoms with van der Waals surface area (Å²) in [7, 11) is 0. The molecule has 24 heavy (non-hydrogen) atoms. The molecule has 6 heteroatoms. The van der Waals surface area contributed by atoms with Gasteiger partial charge in [0, 0.05) is 0 Å². The topological polar surface area (TPSA) is 87.5 Å². The van der Waals surface area contributed by atoms with Crippen LogP contribution < -0.4 is 4.90 Å². The van der Waals surface area contributed by atoms with Crippen molar-refractivity contribution in [1.29, 1.82) is 5.26 Å². The van der Waals surface area contributed by atoms with Crippen molar-refractivity contribution >= 4 is 23.5 Å². The number of benzene rings is 2. The number of anilines is 1. The molecule has 1 aliphatic heterocycles. The predicted octanol–water partition coefficient (Wildman–Crippen LogP) is 2.56. The first-order chi connectivity index (χ1) is 11.5. The standard InChI is InChI=1S/C18H12N2O4/c1-11(10-19)24-18(23)12-5-4-6-13(9-12)20-16(21)14-7-2-3-8-15(14)17(20)22/h2-9,11H,1H3/t11-/m0/s1. The molecule has 0 aromatic heterocycles. The van der Waals surface area contributed by atoms with E-state index >= 15 is 0 Å². The predicted molar refractivity (Wildman–Crippen MR) is 84.5 cm³/mol. The zero-order valence-corrected chi connectivity index (χ0v) is 12.7. The maximum absolute atomic E-state index is 12.5. The third kappa shape index (κ3) is 2.52. The van der Waals surface area contributed by atoms with E-state index in [4.69, 9.17) is 10.00 Å². The Balaban J connectivity index is 1.94. The molecular weight excluding hydrogens is 308 g/mol. The van der Waals surface area contributed by atoms with E-state index in [9.17, 15) is 14.4 Å². The van der Waals surface area contributed by atoms with Gasteiger partial charge in [0.2, 0.25) is 0 Å². The molecule has 118 valence electrons. The maximum atomic E-state index is 12.5. The second kappa shape index (κ2) is 5.97. The molecule has 1 aliphatic rings. The van der Waals surface area contributed by atoms with Gasteiger partial charge in [-0.2, -0.15) is 5.26 Å². The Morgan fingerprint density at radius 2 is 1.71 bits per heavy atom. The zero-order chi connectivity index (χ0) is 17.3. The number of imide groups is 1. The minimum absolute atomic E-state index is 0.158. The van der Waals surface area contributed by atoms with E-state index in [2.05, 4.69) is 0 Å². The van der Waals surface area contributed by atoms with Gasteiger partial charge in [0.05, 0.1) is 22.4 Å². The van der Waals surface area contributed by atoms with Gasteiger partial charge in [0.25, 0.3) is 11.8 Å². The van der Waals surface area contributed by atoms with Gasteiger partial charge in [-0.15, -0.1) is 0 Å². The van der Waals surface area contributed by atoms with Crippen LogP contribution in [-0.2, 0) is 4.74 Å². The van der Waals surface area contributed by atoms with Crippen molar-refractivity contribution in [3.8, 4) is 6.07 Å². The van der Waals surface area contributed by atoms with Crippen molar-refractivity contribution in [3.63, 3.8) is 0 Å². The summed E-state index contributed by atoms with van der Waals surface area (Å²) in [6, 6.07) is 14.3. The fourth-order valence-corrected chi connectivity index (χ4v) is 2.45. The number of nitrogens with zero attached hydrogens (tertiary/aromatic N) is 2. The monoisotopic (exact) mass is 320 g/mol. The lowest BCUT2D eigenvalue weighted by Crippen LogP contribution is -2.29. The van der Waals surface area contributed by atoms with Crippen LogP contribution in [0.3, 0.4) is 0 Å². The van der Waals surface area contributed by atoms with Gasteiger partial charge in [-0.05, 0) is 37.3 Å². The Hall–Kier alpha value is -3.46. The summed E-state index contributed by atoms with van der Waals surface area (Å²) in [6.45, 7) is 1.45. The van der Waals surface area contributed by atoms with E-state index in [1.807, 2.05) is 0 Å². The van der Waals surface area contributed by atoms with Crippen molar-refractivity contribution in [2.75, 3.05) is 4.90 Å². The molecule has 0 radical (unpaired) electrons. The number of fused-ring (bicyclic) bond motifs is 1. The highest BCUT2D eigenvalue weighted by Crippen LogP contribution is 2.28. The lowest BCUT2D eigenvalue weighted by Gasteiger charge is -2.15. The minimum Gasteiger partial charge on any atom is -0.444 e. The van der Waals surface area contributed by atoms with E-state index in [1.54, 1.807) is 42.5 Å². The number of esters is 1. The molecule has 6 nitrogen and oxygen atoms in total.